The molecule has 0 spiro atoms. The van der Waals surface area contributed by atoms with Crippen LogP contribution in [0, 0.1) is 0 Å². The summed E-state index contributed by atoms with van der Waals surface area (Å²) >= 11 is 0. The number of benzene rings is 2. The zero-order valence-electron chi connectivity index (χ0n) is 22.0. The summed E-state index contributed by atoms with van der Waals surface area (Å²) in [5, 5.41) is 6.85. The van der Waals surface area contributed by atoms with Gasteiger partial charge < -0.3 is 20.5 Å². The molecule has 2 aromatic carbocycles. The summed E-state index contributed by atoms with van der Waals surface area (Å²) in [5.41, 5.74) is 8.15. The molecule has 0 aliphatic carbocycles. The Labute approximate surface area is 222 Å². The normalized spacial score (nSPS) is 17.1. The number of hydrogen-bond donors (Lipinski definition) is 2. The maximum absolute atomic E-state index is 13.2. The first-order valence-electron chi connectivity index (χ1n) is 12.6. The number of sulfone groups is 1. The predicted octanol–water partition coefficient (Wildman–Crippen LogP) is 3.21. The second-order valence-corrected chi connectivity index (χ2v) is 12.4. The average molecular weight is 540 g/mol. The number of hydrogen-bond acceptors (Lipinski definition) is 8. The summed E-state index contributed by atoms with van der Waals surface area (Å²) in [5.74, 6) is -1.09. The standard InChI is InChI=1S/C27H33N5O5S/c1-5-6-13-29-25(33)18-9-12-22-21(14-18)32(26(34)20(28)16-38(22,35)36)15-23-30-24(31-37-23)17-7-10-19(11-8-17)27(2,3)4/h7-12,14,20H,5-6,13,15-16,28H2,1-4H3,(H,29,33). The molecular formula is C27H33N5O5S. The van der Waals surface area contributed by atoms with E-state index >= 15 is 0 Å². The molecular weight excluding hydrogens is 506 g/mol. The van der Waals surface area contributed by atoms with E-state index in [-0.39, 0.29) is 39.9 Å². The number of fused-ring (bicyclic) bond motifs is 1. The Balaban J connectivity index is 1.67. The molecule has 3 N–H and O–H groups in total. The second-order valence-electron chi connectivity index (χ2n) is 10.4. The first-order valence-corrected chi connectivity index (χ1v) is 14.2. The van der Waals surface area contributed by atoms with Crippen molar-refractivity contribution in [1.29, 1.82) is 0 Å². The third-order valence-corrected chi connectivity index (χ3v) is 8.23. The Morgan fingerprint density at radius 3 is 2.55 bits per heavy atom. The third kappa shape index (κ3) is 5.78. The summed E-state index contributed by atoms with van der Waals surface area (Å²) in [4.78, 5) is 31.5. The maximum atomic E-state index is 13.2. The van der Waals surface area contributed by atoms with E-state index in [0.717, 1.165) is 24.0 Å². The minimum atomic E-state index is -3.89. The molecule has 3 aromatic rings. The molecule has 0 radical (unpaired) electrons. The molecule has 1 aromatic heterocycles. The Kier molecular flexibility index (Phi) is 7.70. The SMILES string of the molecule is CCCCNC(=O)c1ccc2c(c1)N(Cc1nc(-c3ccc(C(C)(C)C)cc3)no1)C(=O)C(N)CS2(=O)=O. The van der Waals surface area contributed by atoms with E-state index in [1.54, 1.807) is 0 Å². The van der Waals surface area contributed by atoms with Crippen LogP contribution < -0.4 is 16.0 Å². The minimum Gasteiger partial charge on any atom is -0.352 e. The first-order chi connectivity index (χ1) is 17.9. The van der Waals surface area contributed by atoms with E-state index in [4.69, 9.17) is 10.3 Å². The van der Waals surface area contributed by atoms with Crippen LogP contribution in [0.3, 0.4) is 0 Å². The number of amides is 2. The van der Waals surface area contributed by atoms with Gasteiger partial charge in [0, 0.05) is 17.7 Å². The van der Waals surface area contributed by atoms with Crippen molar-refractivity contribution in [3.05, 3.63) is 59.5 Å². The summed E-state index contributed by atoms with van der Waals surface area (Å²) in [6.45, 7) is 8.65. The van der Waals surface area contributed by atoms with Crippen LogP contribution in [0.2, 0.25) is 0 Å². The summed E-state index contributed by atoms with van der Waals surface area (Å²) < 4.78 is 31.5. The maximum Gasteiger partial charge on any atom is 0.251 e. The lowest BCUT2D eigenvalue weighted by Crippen LogP contribution is -2.45. The molecule has 1 aliphatic rings. The van der Waals surface area contributed by atoms with Gasteiger partial charge >= 0.3 is 0 Å². The van der Waals surface area contributed by atoms with Crippen LogP contribution in [0.15, 0.2) is 51.9 Å². The van der Waals surface area contributed by atoms with Crippen LogP contribution in [-0.2, 0) is 26.6 Å². The van der Waals surface area contributed by atoms with Crippen LogP contribution in [0.1, 0.15) is 62.3 Å². The van der Waals surface area contributed by atoms with Gasteiger partial charge in [-0.15, -0.1) is 0 Å². The van der Waals surface area contributed by atoms with Crippen molar-refractivity contribution in [2.24, 2.45) is 5.73 Å². The number of nitrogens with two attached hydrogens (primary N) is 1. The van der Waals surface area contributed by atoms with Gasteiger partial charge in [-0.25, -0.2) is 8.42 Å². The molecule has 0 saturated carbocycles. The van der Waals surface area contributed by atoms with Crippen LogP contribution in [-0.4, -0.2) is 48.7 Å². The van der Waals surface area contributed by atoms with Crippen molar-refractivity contribution >= 4 is 27.3 Å². The highest BCUT2D eigenvalue weighted by Gasteiger charge is 2.37. The number of carbonyl (C=O) groups is 2. The van der Waals surface area contributed by atoms with Crippen LogP contribution in [0.25, 0.3) is 11.4 Å². The van der Waals surface area contributed by atoms with Crippen molar-refractivity contribution < 1.29 is 22.5 Å². The Bertz CT molecular complexity index is 1440. The van der Waals surface area contributed by atoms with E-state index in [1.807, 2.05) is 31.2 Å². The van der Waals surface area contributed by atoms with Crippen LogP contribution in [0.4, 0.5) is 5.69 Å². The number of unbranched alkanes of at least 4 members (excludes halogenated alkanes) is 1. The smallest absolute Gasteiger partial charge is 0.251 e. The zero-order valence-corrected chi connectivity index (χ0v) is 22.8. The largest absolute Gasteiger partial charge is 0.352 e. The Hall–Kier alpha value is -3.57. The van der Waals surface area contributed by atoms with Gasteiger partial charge in [-0.2, -0.15) is 4.98 Å². The molecule has 2 amide bonds. The van der Waals surface area contributed by atoms with Gasteiger partial charge in [0.15, 0.2) is 9.84 Å². The van der Waals surface area contributed by atoms with Crippen molar-refractivity contribution in [2.75, 3.05) is 17.2 Å². The van der Waals surface area contributed by atoms with Crippen molar-refractivity contribution in [2.45, 2.75) is 63.4 Å². The van der Waals surface area contributed by atoms with Crippen molar-refractivity contribution in [3.63, 3.8) is 0 Å². The van der Waals surface area contributed by atoms with Crippen molar-refractivity contribution in [3.8, 4) is 11.4 Å². The fourth-order valence-electron chi connectivity index (χ4n) is 4.18. The lowest BCUT2D eigenvalue weighted by molar-refractivity contribution is -0.119. The molecule has 1 atom stereocenters. The molecule has 2 heterocycles. The number of anilines is 1. The molecule has 11 heteroatoms. The van der Waals surface area contributed by atoms with E-state index in [2.05, 4.69) is 36.2 Å². The average Bonchev–Trinajstić information content (AvgIpc) is 3.32. The van der Waals surface area contributed by atoms with Gasteiger partial charge in [0.1, 0.15) is 6.54 Å². The molecule has 10 nitrogen and oxygen atoms in total. The van der Waals surface area contributed by atoms with Crippen LogP contribution in [0.5, 0.6) is 0 Å². The lowest BCUT2D eigenvalue weighted by Gasteiger charge is -2.22. The summed E-state index contributed by atoms with van der Waals surface area (Å²) in [7, 11) is -3.89. The third-order valence-electron chi connectivity index (χ3n) is 6.42. The number of rotatable bonds is 7. The van der Waals surface area contributed by atoms with E-state index in [1.165, 1.54) is 23.1 Å². The Morgan fingerprint density at radius 1 is 1.18 bits per heavy atom. The second kappa shape index (κ2) is 10.7. The number of carbonyl (C=O) groups excluding carboxylic acids is 2. The topological polar surface area (TPSA) is 148 Å². The molecule has 1 aliphatic heterocycles. The lowest BCUT2D eigenvalue weighted by atomic mass is 9.87. The molecule has 202 valence electrons. The van der Waals surface area contributed by atoms with E-state index in [9.17, 15) is 18.0 Å². The van der Waals surface area contributed by atoms with Crippen LogP contribution >= 0.6 is 0 Å². The highest BCUT2D eigenvalue weighted by molar-refractivity contribution is 7.91. The minimum absolute atomic E-state index is 0.00761. The molecule has 0 bridgehead atoms. The van der Waals surface area contributed by atoms with Gasteiger partial charge in [0.2, 0.25) is 17.6 Å². The molecule has 38 heavy (non-hydrogen) atoms. The highest BCUT2D eigenvalue weighted by atomic mass is 32.2. The first kappa shape index (κ1) is 27.5. The number of nitrogens with one attached hydrogen (secondary N) is 1. The zero-order chi connectivity index (χ0) is 27.7. The fourth-order valence-corrected chi connectivity index (χ4v) is 5.74. The van der Waals surface area contributed by atoms with Gasteiger partial charge in [0.05, 0.1) is 22.4 Å². The highest BCUT2D eigenvalue weighted by Crippen LogP contribution is 2.33. The molecule has 0 fully saturated rings. The quantitative estimate of drug-likeness (QED) is 0.435. The molecule has 1 unspecified atom stereocenters. The molecule has 4 rings (SSSR count). The summed E-state index contributed by atoms with van der Waals surface area (Å²) in [6.07, 6.45) is 1.72. The fraction of sp³-hybridized carbons (Fsp3) is 0.407. The predicted molar refractivity (Wildman–Crippen MR) is 143 cm³/mol. The number of aromatic nitrogens is 2. The van der Waals surface area contributed by atoms with Gasteiger partial charge in [-0.1, -0.05) is 63.5 Å². The molecule has 0 saturated heterocycles. The Morgan fingerprint density at radius 2 is 1.89 bits per heavy atom. The van der Waals surface area contributed by atoms with Gasteiger partial charge in [-0.3, -0.25) is 9.59 Å². The number of nitrogens with zero attached hydrogens (tertiary/aromatic N) is 3. The van der Waals surface area contributed by atoms with Gasteiger partial charge in [0.25, 0.3) is 5.91 Å². The van der Waals surface area contributed by atoms with Crippen molar-refractivity contribution in [1.82, 2.24) is 15.5 Å². The summed E-state index contributed by atoms with van der Waals surface area (Å²) in [6, 6.07) is 10.7. The van der Waals surface area contributed by atoms with Gasteiger partial charge in [-0.05, 0) is 35.6 Å². The van der Waals surface area contributed by atoms with E-state index < -0.39 is 27.5 Å². The van der Waals surface area contributed by atoms with E-state index in [0.29, 0.717) is 12.4 Å². The monoisotopic (exact) mass is 539 g/mol.